The summed E-state index contributed by atoms with van der Waals surface area (Å²) in [6.45, 7) is 0.124. The van der Waals surface area contributed by atoms with E-state index in [-0.39, 0.29) is 19.0 Å². The van der Waals surface area contributed by atoms with Crippen LogP contribution in [0, 0.1) is 11.3 Å². The van der Waals surface area contributed by atoms with E-state index in [0.717, 1.165) is 5.69 Å². The molecule has 1 heterocycles. The fourth-order valence-corrected chi connectivity index (χ4v) is 1.98. The minimum absolute atomic E-state index is 0.00891. The van der Waals surface area contributed by atoms with Gasteiger partial charge in [0, 0.05) is 7.05 Å². The van der Waals surface area contributed by atoms with E-state index in [0.29, 0.717) is 11.3 Å². The van der Waals surface area contributed by atoms with Gasteiger partial charge in [0.25, 0.3) is 0 Å². The second-order valence-corrected chi connectivity index (χ2v) is 4.20. The number of nitriles is 1. The van der Waals surface area contributed by atoms with Crippen molar-refractivity contribution in [3.8, 4) is 6.07 Å². The Balaban J connectivity index is 2.42. The zero-order chi connectivity index (χ0) is 14.0. The Morgan fingerprint density at radius 2 is 2.21 bits per heavy atom. The van der Waals surface area contributed by atoms with Crippen LogP contribution in [0.1, 0.15) is 5.56 Å². The molecule has 0 fully saturated rings. The van der Waals surface area contributed by atoms with Crippen LogP contribution in [0.15, 0.2) is 18.2 Å². The molecule has 0 spiro atoms. The van der Waals surface area contributed by atoms with Crippen molar-refractivity contribution in [3.05, 3.63) is 23.8 Å². The Labute approximate surface area is 110 Å². The van der Waals surface area contributed by atoms with Crippen molar-refractivity contribution in [2.45, 2.75) is 0 Å². The first-order chi connectivity index (χ1) is 9.06. The van der Waals surface area contributed by atoms with E-state index in [4.69, 9.17) is 5.26 Å². The molecule has 6 heteroatoms. The Morgan fingerprint density at radius 3 is 2.84 bits per heavy atom. The quantitative estimate of drug-likeness (QED) is 0.724. The Bertz CT molecular complexity index is 577. The van der Waals surface area contributed by atoms with E-state index in [9.17, 15) is 9.59 Å². The molecule has 2 rings (SSSR count). The van der Waals surface area contributed by atoms with Crippen LogP contribution in [0.4, 0.5) is 11.4 Å². The van der Waals surface area contributed by atoms with Gasteiger partial charge in [-0.25, -0.2) is 0 Å². The van der Waals surface area contributed by atoms with Gasteiger partial charge in [0.1, 0.15) is 6.54 Å². The van der Waals surface area contributed by atoms with Gasteiger partial charge in [0.15, 0.2) is 0 Å². The summed E-state index contributed by atoms with van der Waals surface area (Å²) in [6, 6.07) is 7.06. The van der Waals surface area contributed by atoms with Gasteiger partial charge in [-0.2, -0.15) is 5.26 Å². The van der Waals surface area contributed by atoms with Gasteiger partial charge in [0.05, 0.1) is 36.7 Å². The van der Waals surface area contributed by atoms with Crippen LogP contribution < -0.4 is 9.80 Å². The molecule has 0 N–H and O–H groups in total. The minimum atomic E-state index is -0.410. The molecule has 98 valence electrons. The molecule has 1 aromatic carbocycles. The number of carbonyl (C=O) groups excluding carboxylic acids is 2. The van der Waals surface area contributed by atoms with E-state index in [1.54, 1.807) is 30.1 Å². The SMILES string of the molecule is COC(=O)CN1CC(=O)N(C)c2cc(C#N)ccc21. The number of rotatable bonds is 2. The third-order valence-corrected chi connectivity index (χ3v) is 3.05. The molecule has 0 aliphatic carbocycles. The van der Waals surface area contributed by atoms with Crippen LogP contribution in [-0.2, 0) is 14.3 Å². The summed E-state index contributed by atoms with van der Waals surface area (Å²) in [5, 5.41) is 8.90. The summed E-state index contributed by atoms with van der Waals surface area (Å²) < 4.78 is 4.62. The predicted octanol–water partition coefficient (Wildman–Crippen LogP) is 0.514. The van der Waals surface area contributed by atoms with E-state index in [2.05, 4.69) is 4.74 Å². The highest BCUT2D eigenvalue weighted by Gasteiger charge is 2.28. The van der Waals surface area contributed by atoms with Crippen LogP contribution in [-0.4, -0.2) is 39.1 Å². The molecule has 0 radical (unpaired) electrons. The maximum atomic E-state index is 11.9. The topological polar surface area (TPSA) is 73.6 Å². The van der Waals surface area contributed by atoms with Crippen molar-refractivity contribution in [2.75, 3.05) is 37.0 Å². The van der Waals surface area contributed by atoms with Crippen molar-refractivity contribution < 1.29 is 14.3 Å². The van der Waals surface area contributed by atoms with Crippen LogP contribution in [0.2, 0.25) is 0 Å². The predicted molar refractivity (Wildman–Crippen MR) is 68.8 cm³/mol. The Kier molecular flexibility index (Phi) is 3.38. The highest BCUT2D eigenvalue weighted by atomic mass is 16.5. The molecule has 0 bridgehead atoms. The number of nitrogens with zero attached hydrogens (tertiary/aromatic N) is 3. The van der Waals surface area contributed by atoms with Crippen LogP contribution in [0.25, 0.3) is 0 Å². The number of fused-ring (bicyclic) bond motifs is 1. The number of benzene rings is 1. The number of methoxy groups -OCH3 is 1. The van der Waals surface area contributed by atoms with Gasteiger partial charge in [0.2, 0.25) is 5.91 Å². The number of carbonyl (C=O) groups is 2. The Hall–Kier alpha value is -2.55. The molecule has 0 saturated heterocycles. The molecule has 6 nitrogen and oxygen atoms in total. The minimum Gasteiger partial charge on any atom is -0.468 e. The van der Waals surface area contributed by atoms with E-state index in [1.165, 1.54) is 12.0 Å². The van der Waals surface area contributed by atoms with Gasteiger partial charge in [-0.3, -0.25) is 9.59 Å². The van der Waals surface area contributed by atoms with Crippen molar-refractivity contribution in [1.82, 2.24) is 0 Å². The van der Waals surface area contributed by atoms with E-state index >= 15 is 0 Å². The first-order valence-corrected chi connectivity index (χ1v) is 5.69. The molecule has 1 aliphatic rings. The van der Waals surface area contributed by atoms with E-state index in [1.807, 2.05) is 6.07 Å². The maximum absolute atomic E-state index is 11.9. The van der Waals surface area contributed by atoms with Gasteiger partial charge in [-0.1, -0.05) is 0 Å². The number of esters is 1. The molecule has 0 unspecified atom stereocenters. The van der Waals surface area contributed by atoms with Crippen LogP contribution in [0.3, 0.4) is 0 Å². The lowest BCUT2D eigenvalue weighted by molar-refractivity contribution is -0.138. The fourth-order valence-electron chi connectivity index (χ4n) is 1.98. The van der Waals surface area contributed by atoms with Gasteiger partial charge < -0.3 is 14.5 Å². The lowest BCUT2D eigenvalue weighted by Crippen LogP contribution is -2.46. The van der Waals surface area contributed by atoms with Crippen molar-refractivity contribution >= 4 is 23.3 Å². The van der Waals surface area contributed by atoms with Crippen LogP contribution in [0.5, 0.6) is 0 Å². The highest BCUT2D eigenvalue weighted by Crippen LogP contribution is 2.33. The number of anilines is 2. The standard InChI is InChI=1S/C13H13N3O3/c1-15-11-5-9(6-14)3-4-10(11)16(7-12(15)17)8-13(18)19-2/h3-5H,7-8H2,1-2H3. The molecular formula is C13H13N3O3. The van der Waals surface area contributed by atoms with E-state index < -0.39 is 5.97 Å². The van der Waals surface area contributed by atoms with Crippen molar-refractivity contribution in [3.63, 3.8) is 0 Å². The van der Waals surface area contributed by atoms with Gasteiger partial charge in [-0.05, 0) is 18.2 Å². The van der Waals surface area contributed by atoms with Crippen molar-refractivity contribution in [2.24, 2.45) is 0 Å². The highest BCUT2D eigenvalue weighted by molar-refractivity contribution is 6.03. The van der Waals surface area contributed by atoms with Gasteiger partial charge >= 0.3 is 5.97 Å². The fraction of sp³-hybridized carbons (Fsp3) is 0.308. The third-order valence-electron chi connectivity index (χ3n) is 3.05. The summed E-state index contributed by atoms with van der Waals surface area (Å²) in [6.07, 6.45) is 0. The maximum Gasteiger partial charge on any atom is 0.325 e. The first kappa shape index (κ1) is 12.9. The number of hydrogen-bond acceptors (Lipinski definition) is 5. The molecule has 19 heavy (non-hydrogen) atoms. The van der Waals surface area contributed by atoms with Gasteiger partial charge in [-0.15, -0.1) is 0 Å². The largest absolute Gasteiger partial charge is 0.468 e. The van der Waals surface area contributed by atoms with Crippen molar-refractivity contribution in [1.29, 1.82) is 5.26 Å². The molecule has 1 amide bonds. The molecule has 1 aromatic rings. The smallest absolute Gasteiger partial charge is 0.325 e. The number of ether oxygens (including phenoxy) is 1. The van der Waals surface area contributed by atoms with Crippen LogP contribution >= 0.6 is 0 Å². The lowest BCUT2D eigenvalue weighted by atomic mass is 10.1. The molecule has 1 aliphatic heterocycles. The molecule has 0 aromatic heterocycles. The normalized spacial score (nSPS) is 13.8. The number of likely N-dealkylation sites (N-methyl/N-ethyl adjacent to an activating group) is 1. The zero-order valence-corrected chi connectivity index (χ0v) is 10.7. The average molecular weight is 259 g/mol. The number of amides is 1. The summed E-state index contributed by atoms with van der Waals surface area (Å²) in [5.41, 5.74) is 1.84. The second kappa shape index (κ2) is 4.98. The molecule has 0 atom stereocenters. The Morgan fingerprint density at radius 1 is 1.47 bits per heavy atom. The second-order valence-electron chi connectivity index (χ2n) is 4.20. The lowest BCUT2D eigenvalue weighted by Gasteiger charge is -2.34. The summed E-state index contributed by atoms with van der Waals surface area (Å²) >= 11 is 0. The average Bonchev–Trinajstić information content (AvgIpc) is 2.43. The summed E-state index contributed by atoms with van der Waals surface area (Å²) in [7, 11) is 2.96. The monoisotopic (exact) mass is 259 g/mol. The molecular weight excluding hydrogens is 246 g/mol. The first-order valence-electron chi connectivity index (χ1n) is 5.69. The summed E-state index contributed by atoms with van der Waals surface area (Å²) in [5.74, 6) is -0.542. The third kappa shape index (κ3) is 2.36. The molecule has 0 saturated carbocycles. The number of hydrogen-bond donors (Lipinski definition) is 0. The zero-order valence-electron chi connectivity index (χ0n) is 10.7. The summed E-state index contributed by atoms with van der Waals surface area (Å²) in [4.78, 5) is 26.4.